The molecular weight excluding hydrogens is 232 g/mol. The Balaban J connectivity index is 2.60. The zero-order valence-electron chi connectivity index (χ0n) is 8.11. The number of aromatic nitrogens is 2. The first-order valence-corrected chi connectivity index (χ1v) is 5.81. The van der Waals surface area contributed by atoms with E-state index in [0.717, 1.165) is 10.6 Å². The van der Waals surface area contributed by atoms with Crippen LogP contribution in [0.25, 0.3) is 10.6 Å². The lowest BCUT2D eigenvalue weighted by Gasteiger charge is -2.03. The maximum atomic E-state index is 11.5. The van der Waals surface area contributed by atoms with E-state index in [1.807, 2.05) is 17.5 Å². The van der Waals surface area contributed by atoms with Gasteiger partial charge < -0.3 is 0 Å². The first-order valence-electron chi connectivity index (χ1n) is 4.39. The number of aryl methyl sites for hydroxylation is 1. The Morgan fingerprint density at radius 3 is 3.00 bits per heavy atom. The van der Waals surface area contributed by atoms with Gasteiger partial charge in [0.2, 0.25) is 0 Å². The van der Waals surface area contributed by atoms with E-state index in [2.05, 4.69) is 5.10 Å². The smallest absolute Gasteiger partial charge is 0.267 e. The highest BCUT2D eigenvalue weighted by Crippen LogP contribution is 2.22. The van der Waals surface area contributed by atoms with Crippen LogP contribution in [0, 0.1) is 0 Å². The topological polar surface area (TPSA) is 34.9 Å². The second-order valence-corrected chi connectivity index (χ2v) is 4.31. The highest BCUT2D eigenvalue weighted by molar-refractivity contribution is 7.13. The van der Waals surface area contributed by atoms with Gasteiger partial charge in [0.1, 0.15) is 5.69 Å². The highest BCUT2D eigenvalue weighted by Gasteiger charge is 2.07. The Labute approximate surface area is 95.9 Å². The summed E-state index contributed by atoms with van der Waals surface area (Å²) in [5.41, 5.74) is 1.24. The minimum atomic E-state index is -0.134. The predicted molar refractivity (Wildman–Crippen MR) is 62.3 cm³/mol. The number of hydrogen-bond donors (Lipinski definition) is 0. The fourth-order valence-electron chi connectivity index (χ4n) is 1.31. The second-order valence-electron chi connectivity index (χ2n) is 3.09. The molecule has 15 heavy (non-hydrogen) atoms. The lowest BCUT2D eigenvalue weighted by atomic mass is 10.2. The van der Waals surface area contributed by atoms with Crippen LogP contribution in [0.4, 0.5) is 0 Å². The van der Waals surface area contributed by atoms with E-state index in [9.17, 15) is 4.79 Å². The molecule has 3 nitrogen and oxygen atoms in total. The molecule has 0 fully saturated rings. The lowest BCUT2D eigenvalue weighted by Crippen LogP contribution is -2.23. The van der Waals surface area contributed by atoms with Crippen molar-refractivity contribution in [3.63, 3.8) is 0 Å². The van der Waals surface area contributed by atoms with Crippen LogP contribution in [0.2, 0.25) is 0 Å². The maximum absolute atomic E-state index is 11.5. The molecule has 0 saturated heterocycles. The second kappa shape index (κ2) is 4.16. The molecule has 0 unspecified atom stereocenters. The predicted octanol–water partition coefficient (Wildman–Crippen LogP) is 2.25. The Morgan fingerprint density at radius 2 is 2.40 bits per heavy atom. The molecule has 5 heteroatoms. The molecule has 0 atom stereocenters. The number of rotatable bonds is 2. The van der Waals surface area contributed by atoms with Gasteiger partial charge in [0.25, 0.3) is 5.56 Å². The van der Waals surface area contributed by atoms with Crippen molar-refractivity contribution in [2.24, 2.45) is 7.05 Å². The van der Waals surface area contributed by atoms with Crippen LogP contribution in [0.5, 0.6) is 0 Å². The molecular formula is C10H9ClN2OS. The third-order valence-corrected chi connectivity index (χ3v) is 3.24. The zero-order chi connectivity index (χ0) is 10.8. The van der Waals surface area contributed by atoms with Crippen LogP contribution in [-0.4, -0.2) is 9.78 Å². The molecule has 78 valence electrons. The van der Waals surface area contributed by atoms with Crippen LogP contribution in [0.15, 0.2) is 28.4 Å². The number of thiophene rings is 1. The first-order chi connectivity index (χ1) is 7.22. The lowest BCUT2D eigenvalue weighted by molar-refractivity contribution is 0.704. The Morgan fingerprint density at radius 1 is 1.60 bits per heavy atom. The van der Waals surface area contributed by atoms with Crippen molar-refractivity contribution in [1.29, 1.82) is 0 Å². The number of alkyl halides is 1. The van der Waals surface area contributed by atoms with Crippen molar-refractivity contribution in [2.45, 2.75) is 5.88 Å². The van der Waals surface area contributed by atoms with Crippen molar-refractivity contribution in [2.75, 3.05) is 0 Å². The van der Waals surface area contributed by atoms with Crippen molar-refractivity contribution in [3.05, 3.63) is 39.5 Å². The fourth-order valence-corrected chi connectivity index (χ4v) is 2.18. The van der Waals surface area contributed by atoms with Crippen molar-refractivity contribution in [3.8, 4) is 10.6 Å². The Hall–Kier alpha value is -1.13. The number of halogens is 1. The summed E-state index contributed by atoms with van der Waals surface area (Å²) in [7, 11) is 1.63. The van der Waals surface area contributed by atoms with E-state index in [-0.39, 0.29) is 11.4 Å². The van der Waals surface area contributed by atoms with Gasteiger partial charge in [-0.2, -0.15) is 5.10 Å². The van der Waals surface area contributed by atoms with Crippen LogP contribution in [0.1, 0.15) is 5.56 Å². The van der Waals surface area contributed by atoms with Gasteiger partial charge in [0.15, 0.2) is 0 Å². The summed E-state index contributed by atoms with van der Waals surface area (Å²) < 4.78 is 1.33. The maximum Gasteiger partial charge on any atom is 0.270 e. The molecule has 0 spiro atoms. The van der Waals surface area contributed by atoms with Gasteiger partial charge in [0.05, 0.1) is 10.8 Å². The molecule has 0 amide bonds. The molecule has 2 aromatic heterocycles. The van der Waals surface area contributed by atoms with E-state index in [1.54, 1.807) is 24.5 Å². The van der Waals surface area contributed by atoms with Crippen molar-refractivity contribution >= 4 is 22.9 Å². The summed E-state index contributed by atoms with van der Waals surface area (Å²) in [6.07, 6.45) is 0. The van der Waals surface area contributed by atoms with Crippen molar-refractivity contribution < 1.29 is 0 Å². The normalized spacial score (nSPS) is 10.5. The first kappa shape index (κ1) is 10.4. The molecule has 0 saturated carbocycles. The summed E-state index contributed by atoms with van der Waals surface area (Å²) in [6, 6.07) is 5.67. The van der Waals surface area contributed by atoms with Gasteiger partial charge in [-0.05, 0) is 17.5 Å². The molecule has 0 N–H and O–H groups in total. The van der Waals surface area contributed by atoms with Gasteiger partial charge >= 0.3 is 0 Å². The molecule has 2 aromatic rings. The van der Waals surface area contributed by atoms with Crippen LogP contribution in [0.3, 0.4) is 0 Å². The molecule has 2 rings (SSSR count). The summed E-state index contributed by atoms with van der Waals surface area (Å²) in [5, 5.41) is 6.15. The largest absolute Gasteiger partial charge is 0.270 e. The fraction of sp³-hybridized carbons (Fsp3) is 0.200. The quantitative estimate of drug-likeness (QED) is 0.755. The molecule has 0 bridgehead atoms. The van der Waals surface area contributed by atoms with Gasteiger partial charge in [-0.25, -0.2) is 4.68 Å². The van der Waals surface area contributed by atoms with E-state index in [1.165, 1.54) is 4.68 Å². The van der Waals surface area contributed by atoms with E-state index < -0.39 is 0 Å². The average Bonchev–Trinajstić information content (AvgIpc) is 2.75. The standard InChI is InChI=1S/C10H9ClN2OS/c1-13-10(14)7(6-11)5-8(12-13)9-3-2-4-15-9/h2-5H,6H2,1H3. The van der Waals surface area contributed by atoms with Crippen LogP contribution >= 0.6 is 22.9 Å². The molecule has 0 aromatic carbocycles. The van der Waals surface area contributed by atoms with E-state index >= 15 is 0 Å². The third-order valence-electron chi connectivity index (χ3n) is 2.05. The van der Waals surface area contributed by atoms with Gasteiger partial charge in [0, 0.05) is 12.6 Å². The van der Waals surface area contributed by atoms with E-state index in [4.69, 9.17) is 11.6 Å². The van der Waals surface area contributed by atoms with E-state index in [0.29, 0.717) is 5.56 Å². The van der Waals surface area contributed by atoms with Crippen LogP contribution in [-0.2, 0) is 12.9 Å². The van der Waals surface area contributed by atoms with Gasteiger partial charge in [-0.3, -0.25) is 4.79 Å². The molecule has 2 heterocycles. The number of hydrogen-bond acceptors (Lipinski definition) is 3. The molecule has 0 aliphatic heterocycles. The summed E-state index contributed by atoms with van der Waals surface area (Å²) in [4.78, 5) is 12.6. The zero-order valence-corrected chi connectivity index (χ0v) is 9.68. The van der Waals surface area contributed by atoms with Crippen molar-refractivity contribution in [1.82, 2.24) is 9.78 Å². The number of nitrogens with zero attached hydrogens (tertiary/aromatic N) is 2. The van der Waals surface area contributed by atoms with Gasteiger partial charge in [-0.15, -0.1) is 22.9 Å². The Kier molecular flexibility index (Phi) is 2.88. The minimum Gasteiger partial charge on any atom is -0.267 e. The highest BCUT2D eigenvalue weighted by atomic mass is 35.5. The summed E-state index contributed by atoms with van der Waals surface area (Å²) >= 11 is 7.29. The third kappa shape index (κ3) is 1.96. The average molecular weight is 241 g/mol. The monoisotopic (exact) mass is 240 g/mol. The SMILES string of the molecule is Cn1nc(-c2cccs2)cc(CCl)c1=O. The van der Waals surface area contributed by atoms with Crippen LogP contribution < -0.4 is 5.56 Å². The minimum absolute atomic E-state index is 0.134. The van der Waals surface area contributed by atoms with Gasteiger partial charge in [-0.1, -0.05) is 6.07 Å². The Bertz CT molecular complexity index is 519. The molecule has 0 radical (unpaired) electrons. The summed E-state index contributed by atoms with van der Waals surface area (Å²) in [5.74, 6) is 0.216. The molecule has 0 aliphatic rings. The summed E-state index contributed by atoms with van der Waals surface area (Å²) in [6.45, 7) is 0. The molecule has 0 aliphatic carbocycles.